The number of rotatable bonds is 5. The number of thiazole rings is 1. The van der Waals surface area contributed by atoms with Gasteiger partial charge < -0.3 is 10.6 Å². The summed E-state index contributed by atoms with van der Waals surface area (Å²) in [6.07, 6.45) is 1.86. The van der Waals surface area contributed by atoms with Gasteiger partial charge in [-0.3, -0.25) is 4.79 Å². The lowest BCUT2D eigenvalue weighted by molar-refractivity contribution is -0.118. The lowest BCUT2D eigenvalue weighted by Crippen LogP contribution is -2.17. The summed E-state index contributed by atoms with van der Waals surface area (Å²) in [6, 6.07) is 7.85. The molecule has 1 aromatic carbocycles. The minimum absolute atomic E-state index is 0.00974. The molecule has 0 fully saturated rings. The van der Waals surface area contributed by atoms with Gasteiger partial charge in [-0.05, 0) is 24.6 Å². The molecule has 0 atom stereocenters. The molecule has 0 bridgehead atoms. The van der Waals surface area contributed by atoms with Gasteiger partial charge in [0.05, 0.1) is 0 Å². The standard InChI is InChI=1S/C15H19N3OS/c1-10(2)14(19)18-13-6-4-12(5-7-13)9-17-15-16-8-11(3)20-15/h4-8,10H,9H2,1-3H3,(H,16,17)(H,18,19). The second kappa shape index (κ2) is 6.52. The van der Waals surface area contributed by atoms with Gasteiger partial charge in [0.15, 0.2) is 5.13 Å². The van der Waals surface area contributed by atoms with Crippen LogP contribution >= 0.6 is 11.3 Å². The quantitative estimate of drug-likeness (QED) is 0.883. The van der Waals surface area contributed by atoms with Crippen LogP contribution < -0.4 is 10.6 Å². The van der Waals surface area contributed by atoms with Crippen molar-refractivity contribution in [3.05, 3.63) is 40.9 Å². The summed E-state index contributed by atoms with van der Waals surface area (Å²) in [4.78, 5) is 17.0. The number of nitrogens with zero attached hydrogens (tertiary/aromatic N) is 1. The van der Waals surface area contributed by atoms with E-state index in [1.807, 2.05) is 51.2 Å². The fourth-order valence-electron chi connectivity index (χ4n) is 1.61. The summed E-state index contributed by atoms with van der Waals surface area (Å²) in [5.74, 6) is 0.0265. The topological polar surface area (TPSA) is 54.0 Å². The molecule has 0 saturated heterocycles. The average Bonchev–Trinajstić information content (AvgIpc) is 2.83. The van der Waals surface area contributed by atoms with E-state index in [9.17, 15) is 4.79 Å². The first-order valence-corrected chi connectivity index (χ1v) is 7.42. The normalized spacial score (nSPS) is 10.6. The van der Waals surface area contributed by atoms with Crippen LogP contribution in [0.15, 0.2) is 30.5 Å². The third kappa shape index (κ3) is 4.06. The Morgan fingerprint density at radius 2 is 2.00 bits per heavy atom. The van der Waals surface area contributed by atoms with E-state index >= 15 is 0 Å². The molecule has 106 valence electrons. The van der Waals surface area contributed by atoms with Crippen LogP contribution in [-0.2, 0) is 11.3 Å². The van der Waals surface area contributed by atoms with E-state index in [4.69, 9.17) is 0 Å². The Bertz CT molecular complexity index is 575. The van der Waals surface area contributed by atoms with E-state index < -0.39 is 0 Å². The van der Waals surface area contributed by atoms with Crippen LogP contribution in [0.1, 0.15) is 24.3 Å². The van der Waals surface area contributed by atoms with E-state index in [0.29, 0.717) is 0 Å². The number of hydrogen-bond acceptors (Lipinski definition) is 4. The molecule has 0 saturated carbocycles. The Balaban J connectivity index is 1.89. The van der Waals surface area contributed by atoms with Crippen LogP contribution in [0.2, 0.25) is 0 Å². The highest BCUT2D eigenvalue weighted by atomic mass is 32.1. The van der Waals surface area contributed by atoms with Gasteiger partial charge in [0, 0.05) is 29.2 Å². The fourth-order valence-corrected chi connectivity index (χ4v) is 2.27. The maximum Gasteiger partial charge on any atom is 0.226 e. The Labute approximate surface area is 123 Å². The Morgan fingerprint density at radius 3 is 2.55 bits per heavy atom. The maximum atomic E-state index is 11.6. The Morgan fingerprint density at radius 1 is 1.30 bits per heavy atom. The molecule has 1 amide bonds. The number of nitrogens with one attached hydrogen (secondary N) is 2. The molecule has 5 heteroatoms. The second-order valence-corrected chi connectivity index (χ2v) is 6.21. The van der Waals surface area contributed by atoms with Crippen molar-refractivity contribution in [2.24, 2.45) is 5.92 Å². The number of aromatic nitrogens is 1. The van der Waals surface area contributed by atoms with Crippen LogP contribution in [0, 0.1) is 12.8 Å². The zero-order chi connectivity index (χ0) is 14.5. The number of amides is 1. The molecule has 0 unspecified atom stereocenters. The van der Waals surface area contributed by atoms with Crippen molar-refractivity contribution in [3.8, 4) is 0 Å². The summed E-state index contributed by atoms with van der Waals surface area (Å²) in [5, 5.41) is 7.09. The SMILES string of the molecule is Cc1cnc(NCc2ccc(NC(=O)C(C)C)cc2)s1. The van der Waals surface area contributed by atoms with Gasteiger partial charge in [-0.1, -0.05) is 26.0 Å². The van der Waals surface area contributed by atoms with Crippen molar-refractivity contribution < 1.29 is 4.79 Å². The van der Waals surface area contributed by atoms with Crippen molar-refractivity contribution in [3.63, 3.8) is 0 Å². The number of anilines is 2. The van der Waals surface area contributed by atoms with Crippen LogP contribution in [0.4, 0.5) is 10.8 Å². The summed E-state index contributed by atoms with van der Waals surface area (Å²) < 4.78 is 0. The zero-order valence-corrected chi connectivity index (χ0v) is 12.8. The number of carbonyl (C=O) groups excluding carboxylic acids is 1. The molecular weight excluding hydrogens is 270 g/mol. The van der Waals surface area contributed by atoms with Crippen molar-refractivity contribution in [2.45, 2.75) is 27.3 Å². The number of benzene rings is 1. The molecule has 1 heterocycles. The van der Waals surface area contributed by atoms with Crippen LogP contribution in [0.25, 0.3) is 0 Å². The summed E-state index contributed by atoms with van der Waals surface area (Å²) in [6.45, 7) is 6.52. The molecule has 2 N–H and O–H groups in total. The van der Waals surface area contributed by atoms with E-state index in [1.165, 1.54) is 4.88 Å². The van der Waals surface area contributed by atoms with E-state index in [-0.39, 0.29) is 11.8 Å². The van der Waals surface area contributed by atoms with Crippen LogP contribution in [-0.4, -0.2) is 10.9 Å². The van der Waals surface area contributed by atoms with Crippen molar-refractivity contribution >= 4 is 28.1 Å². The largest absolute Gasteiger partial charge is 0.357 e. The smallest absolute Gasteiger partial charge is 0.226 e. The molecule has 20 heavy (non-hydrogen) atoms. The fraction of sp³-hybridized carbons (Fsp3) is 0.333. The van der Waals surface area contributed by atoms with Gasteiger partial charge in [0.25, 0.3) is 0 Å². The third-order valence-corrected chi connectivity index (χ3v) is 3.68. The Hall–Kier alpha value is -1.88. The van der Waals surface area contributed by atoms with Crippen molar-refractivity contribution in [2.75, 3.05) is 10.6 Å². The maximum absolute atomic E-state index is 11.6. The molecule has 0 aliphatic heterocycles. The minimum atomic E-state index is -0.00974. The van der Waals surface area contributed by atoms with E-state index in [0.717, 1.165) is 22.9 Å². The summed E-state index contributed by atoms with van der Waals surface area (Å²) >= 11 is 1.64. The number of aryl methyl sites for hydroxylation is 1. The number of carbonyl (C=O) groups is 1. The highest BCUT2D eigenvalue weighted by Crippen LogP contribution is 2.18. The molecule has 4 nitrogen and oxygen atoms in total. The minimum Gasteiger partial charge on any atom is -0.357 e. The summed E-state index contributed by atoms with van der Waals surface area (Å²) in [5.41, 5.74) is 1.98. The summed E-state index contributed by atoms with van der Waals surface area (Å²) in [7, 11) is 0. The van der Waals surface area contributed by atoms with Crippen molar-refractivity contribution in [1.82, 2.24) is 4.98 Å². The Kier molecular flexibility index (Phi) is 4.74. The van der Waals surface area contributed by atoms with Crippen LogP contribution in [0.3, 0.4) is 0 Å². The molecule has 0 radical (unpaired) electrons. The van der Waals surface area contributed by atoms with Gasteiger partial charge in [-0.25, -0.2) is 4.98 Å². The van der Waals surface area contributed by atoms with Gasteiger partial charge in [-0.2, -0.15) is 0 Å². The predicted octanol–water partition coefficient (Wildman–Crippen LogP) is 3.66. The third-order valence-electron chi connectivity index (χ3n) is 2.81. The first-order chi connectivity index (χ1) is 9.54. The van der Waals surface area contributed by atoms with E-state index in [2.05, 4.69) is 15.6 Å². The molecule has 1 aromatic heterocycles. The van der Waals surface area contributed by atoms with Gasteiger partial charge in [0.1, 0.15) is 0 Å². The number of hydrogen-bond donors (Lipinski definition) is 2. The zero-order valence-electron chi connectivity index (χ0n) is 11.9. The van der Waals surface area contributed by atoms with Crippen LogP contribution in [0.5, 0.6) is 0 Å². The second-order valence-electron chi connectivity index (χ2n) is 4.97. The van der Waals surface area contributed by atoms with Gasteiger partial charge in [-0.15, -0.1) is 11.3 Å². The van der Waals surface area contributed by atoms with Gasteiger partial charge >= 0.3 is 0 Å². The molecule has 2 aromatic rings. The molecule has 2 rings (SSSR count). The lowest BCUT2D eigenvalue weighted by atomic mass is 10.1. The monoisotopic (exact) mass is 289 g/mol. The molecule has 0 aliphatic rings. The average molecular weight is 289 g/mol. The lowest BCUT2D eigenvalue weighted by Gasteiger charge is -2.08. The first-order valence-electron chi connectivity index (χ1n) is 6.60. The molecule has 0 aliphatic carbocycles. The highest BCUT2D eigenvalue weighted by Gasteiger charge is 2.06. The predicted molar refractivity (Wildman–Crippen MR) is 84.1 cm³/mol. The highest BCUT2D eigenvalue weighted by molar-refractivity contribution is 7.15. The van der Waals surface area contributed by atoms with Crippen molar-refractivity contribution in [1.29, 1.82) is 0 Å². The van der Waals surface area contributed by atoms with Gasteiger partial charge in [0.2, 0.25) is 5.91 Å². The molecular formula is C15H19N3OS. The first kappa shape index (κ1) is 14.5. The van der Waals surface area contributed by atoms with E-state index in [1.54, 1.807) is 11.3 Å². The molecule has 0 spiro atoms.